The molecule has 168 valence electrons. The summed E-state index contributed by atoms with van der Waals surface area (Å²) in [5.41, 5.74) is 10.9. The minimum atomic E-state index is -2.87. The predicted molar refractivity (Wildman–Crippen MR) is 119 cm³/mol. The lowest BCUT2D eigenvalue weighted by atomic mass is 9.89. The molecule has 0 amide bonds. The van der Waals surface area contributed by atoms with E-state index < -0.39 is 17.6 Å². The molecule has 4 rings (SSSR count). The zero-order chi connectivity index (χ0) is 22.1. The number of nitrogens with zero attached hydrogens (tertiary/aromatic N) is 1. The van der Waals surface area contributed by atoms with Crippen LogP contribution in [0.4, 0.5) is 8.78 Å². The SMILES string of the molecule is CC(C)CS(=O)NC1=CCC(=C2C(N)=C3C=C(OC(F)F)C=CC3N2C2CCC2)C=C1. The molecule has 8 heteroatoms. The van der Waals surface area contributed by atoms with Crippen molar-refractivity contribution in [3.63, 3.8) is 0 Å². The number of alkyl halides is 2. The summed E-state index contributed by atoms with van der Waals surface area (Å²) in [5, 5.41) is 0. The van der Waals surface area contributed by atoms with Crippen molar-refractivity contribution in [1.29, 1.82) is 0 Å². The van der Waals surface area contributed by atoms with Gasteiger partial charge in [-0.15, -0.1) is 0 Å². The largest absolute Gasteiger partial charge is 0.435 e. The van der Waals surface area contributed by atoms with Gasteiger partial charge in [-0.05, 0) is 55.4 Å². The van der Waals surface area contributed by atoms with Gasteiger partial charge in [0.15, 0.2) is 0 Å². The van der Waals surface area contributed by atoms with Crippen molar-refractivity contribution in [2.45, 2.75) is 58.2 Å². The molecule has 31 heavy (non-hydrogen) atoms. The molecule has 0 aromatic carbocycles. The Balaban J connectivity index is 1.60. The van der Waals surface area contributed by atoms with Crippen LogP contribution in [0.2, 0.25) is 0 Å². The van der Waals surface area contributed by atoms with Crippen molar-refractivity contribution < 1.29 is 17.7 Å². The first kappa shape index (κ1) is 21.9. The second-order valence-electron chi connectivity index (χ2n) is 8.67. The van der Waals surface area contributed by atoms with Crippen LogP contribution in [-0.2, 0) is 15.7 Å². The van der Waals surface area contributed by atoms with E-state index in [0.717, 1.165) is 35.4 Å². The molecule has 2 unspecified atom stereocenters. The van der Waals surface area contributed by atoms with Crippen molar-refractivity contribution in [2.24, 2.45) is 11.7 Å². The molecule has 1 aliphatic heterocycles. The molecule has 4 aliphatic rings. The van der Waals surface area contributed by atoms with Gasteiger partial charge in [0.2, 0.25) is 0 Å². The van der Waals surface area contributed by atoms with Crippen LogP contribution in [0.25, 0.3) is 0 Å². The Morgan fingerprint density at radius 1 is 1.29 bits per heavy atom. The fraction of sp³-hybridized carbons (Fsp3) is 0.478. The van der Waals surface area contributed by atoms with Gasteiger partial charge in [-0.1, -0.05) is 32.1 Å². The molecule has 1 saturated carbocycles. The molecule has 3 N–H and O–H groups in total. The van der Waals surface area contributed by atoms with Gasteiger partial charge in [-0.25, -0.2) is 4.21 Å². The maximum Gasteiger partial charge on any atom is 0.387 e. The van der Waals surface area contributed by atoms with Gasteiger partial charge in [0.1, 0.15) is 16.7 Å². The van der Waals surface area contributed by atoms with E-state index in [2.05, 4.69) is 14.4 Å². The van der Waals surface area contributed by atoms with Crippen molar-refractivity contribution in [2.75, 3.05) is 5.75 Å². The summed E-state index contributed by atoms with van der Waals surface area (Å²) in [6.07, 6.45) is 15.1. The highest BCUT2D eigenvalue weighted by molar-refractivity contribution is 7.83. The summed E-state index contributed by atoms with van der Waals surface area (Å²) in [6.45, 7) is 1.21. The van der Waals surface area contributed by atoms with E-state index >= 15 is 0 Å². The quantitative estimate of drug-likeness (QED) is 0.613. The van der Waals surface area contributed by atoms with Gasteiger partial charge >= 0.3 is 6.61 Å². The monoisotopic (exact) mass is 449 g/mol. The minimum absolute atomic E-state index is 0.0618. The molecule has 0 aromatic rings. The predicted octanol–water partition coefficient (Wildman–Crippen LogP) is 4.14. The number of allylic oxidation sites excluding steroid dienone is 5. The Morgan fingerprint density at radius 3 is 2.65 bits per heavy atom. The lowest BCUT2D eigenvalue weighted by Crippen LogP contribution is -2.43. The first-order chi connectivity index (χ1) is 14.8. The summed E-state index contributed by atoms with van der Waals surface area (Å²) < 4.78 is 45.2. The maximum absolute atomic E-state index is 12.7. The van der Waals surface area contributed by atoms with E-state index in [1.807, 2.05) is 38.2 Å². The highest BCUT2D eigenvalue weighted by Crippen LogP contribution is 2.44. The zero-order valence-electron chi connectivity index (χ0n) is 17.8. The number of hydrogen-bond donors (Lipinski definition) is 2. The Labute approximate surface area is 184 Å². The van der Waals surface area contributed by atoms with E-state index in [1.165, 1.54) is 6.42 Å². The van der Waals surface area contributed by atoms with E-state index in [0.29, 0.717) is 29.8 Å². The summed E-state index contributed by atoms with van der Waals surface area (Å²) in [4.78, 5) is 2.34. The summed E-state index contributed by atoms with van der Waals surface area (Å²) in [7, 11) is -1.11. The fourth-order valence-corrected chi connectivity index (χ4v) is 5.44. The first-order valence-corrected chi connectivity index (χ1v) is 12.0. The Morgan fingerprint density at radius 2 is 2.06 bits per heavy atom. The number of nitrogens with two attached hydrogens (primary N) is 1. The van der Waals surface area contributed by atoms with Gasteiger partial charge in [0, 0.05) is 23.1 Å². The summed E-state index contributed by atoms with van der Waals surface area (Å²) >= 11 is 0. The number of hydrogen-bond acceptors (Lipinski definition) is 4. The smallest absolute Gasteiger partial charge is 0.387 e. The third kappa shape index (κ3) is 4.63. The van der Waals surface area contributed by atoms with Crippen molar-refractivity contribution in [1.82, 2.24) is 9.62 Å². The first-order valence-electron chi connectivity index (χ1n) is 10.7. The second kappa shape index (κ2) is 9.02. The zero-order valence-corrected chi connectivity index (χ0v) is 18.6. The lowest BCUT2D eigenvalue weighted by Gasteiger charge is -2.42. The molecule has 0 spiro atoms. The Bertz CT molecular complexity index is 942. The van der Waals surface area contributed by atoms with Crippen LogP contribution >= 0.6 is 0 Å². The number of ether oxygens (including phenoxy) is 1. The Kier molecular flexibility index (Phi) is 6.36. The van der Waals surface area contributed by atoms with E-state index in [9.17, 15) is 13.0 Å². The van der Waals surface area contributed by atoms with Crippen molar-refractivity contribution in [3.05, 3.63) is 70.5 Å². The molecule has 1 heterocycles. The van der Waals surface area contributed by atoms with Crippen LogP contribution in [0, 0.1) is 5.92 Å². The molecule has 3 aliphatic carbocycles. The molecule has 5 nitrogen and oxygen atoms in total. The fourth-order valence-electron chi connectivity index (χ4n) is 4.33. The van der Waals surface area contributed by atoms with E-state index in [4.69, 9.17) is 5.73 Å². The van der Waals surface area contributed by atoms with Crippen LogP contribution in [0.15, 0.2) is 70.5 Å². The topological polar surface area (TPSA) is 67.6 Å². The second-order valence-corrected chi connectivity index (χ2v) is 9.90. The molecule has 0 bridgehead atoms. The normalized spacial score (nSPS) is 26.8. The number of nitrogens with one attached hydrogen (secondary N) is 1. The van der Waals surface area contributed by atoms with Gasteiger partial charge < -0.3 is 20.1 Å². The van der Waals surface area contributed by atoms with Crippen LogP contribution in [-0.4, -0.2) is 33.6 Å². The molecule has 0 radical (unpaired) electrons. The molecule has 0 saturated heterocycles. The highest BCUT2D eigenvalue weighted by Gasteiger charge is 2.41. The number of fused-ring (bicyclic) bond motifs is 1. The van der Waals surface area contributed by atoms with Crippen LogP contribution in [0.1, 0.15) is 39.5 Å². The third-order valence-corrected chi connectivity index (χ3v) is 7.34. The van der Waals surface area contributed by atoms with Gasteiger partial charge in [-0.2, -0.15) is 8.78 Å². The molecule has 0 aromatic heterocycles. The average Bonchev–Trinajstić information content (AvgIpc) is 2.92. The van der Waals surface area contributed by atoms with Gasteiger partial charge in [-0.3, -0.25) is 0 Å². The van der Waals surface area contributed by atoms with E-state index in [-0.39, 0.29) is 11.8 Å². The minimum Gasteiger partial charge on any atom is -0.435 e. The van der Waals surface area contributed by atoms with Crippen molar-refractivity contribution in [3.8, 4) is 0 Å². The number of rotatable bonds is 7. The number of halogens is 2. The molecular formula is C23H29F2N3O2S. The average molecular weight is 450 g/mol. The van der Waals surface area contributed by atoms with Crippen molar-refractivity contribution >= 4 is 11.0 Å². The molecule has 2 atom stereocenters. The maximum atomic E-state index is 12.7. The summed E-state index contributed by atoms with van der Waals surface area (Å²) in [5.74, 6) is 1.07. The van der Waals surface area contributed by atoms with Gasteiger partial charge in [0.25, 0.3) is 0 Å². The molecule has 1 fully saturated rings. The highest BCUT2D eigenvalue weighted by atomic mass is 32.2. The molecular weight excluding hydrogens is 420 g/mol. The van der Waals surface area contributed by atoms with Gasteiger partial charge in [0.05, 0.1) is 17.4 Å². The third-order valence-electron chi connectivity index (χ3n) is 5.90. The van der Waals surface area contributed by atoms with Crippen LogP contribution < -0.4 is 10.5 Å². The van der Waals surface area contributed by atoms with Crippen LogP contribution in [0.3, 0.4) is 0 Å². The standard InChI is InChI=1S/C23H29F2N3O2S/c1-14(2)13-31(29)27-16-8-6-15(7-9-16)22-21(26)19-12-18(30-23(24)25)10-11-20(19)28(22)17-4-3-5-17/h6,8-12,14,17,20,23,27H,3-5,7,13,26H2,1-2H3. The van der Waals surface area contributed by atoms with E-state index in [1.54, 1.807) is 12.2 Å². The lowest BCUT2D eigenvalue weighted by molar-refractivity contribution is -0.0923. The summed E-state index contributed by atoms with van der Waals surface area (Å²) in [6, 6.07) is 0.322. The van der Waals surface area contributed by atoms with Crippen LogP contribution in [0.5, 0.6) is 0 Å². The Hall–Kier alpha value is -2.35.